The maximum absolute atomic E-state index is 12.2. The van der Waals surface area contributed by atoms with Crippen LogP contribution in [0.4, 0.5) is 5.69 Å². The second kappa shape index (κ2) is 11.0. The summed E-state index contributed by atoms with van der Waals surface area (Å²) in [6.45, 7) is 3.82. The van der Waals surface area contributed by atoms with Gasteiger partial charge >= 0.3 is 11.9 Å². The fourth-order valence-electron chi connectivity index (χ4n) is 2.37. The second-order valence-corrected chi connectivity index (χ2v) is 6.59. The van der Waals surface area contributed by atoms with Crippen LogP contribution in [0.2, 0.25) is 0 Å². The summed E-state index contributed by atoms with van der Waals surface area (Å²) >= 11 is 1.41. The van der Waals surface area contributed by atoms with Crippen molar-refractivity contribution in [1.29, 1.82) is 0 Å². The molecule has 0 bridgehead atoms. The lowest BCUT2D eigenvalue weighted by molar-refractivity contribution is -0.116. The van der Waals surface area contributed by atoms with Crippen molar-refractivity contribution in [3.63, 3.8) is 0 Å². The Morgan fingerprint density at radius 3 is 2.07 bits per heavy atom. The molecule has 0 atom stereocenters. The Kier molecular flexibility index (Phi) is 8.35. The number of rotatable bonds is 9. The Bertz CT molecular complexity index is 843. The topological polar surface area (TPSA) is 111 Å². The van der Waals surface area contributed by atoms with Crippen LogP contribution in [0, 0.1) is 0 Å². The first-order valence-electron chi connectivity index (χ1n) is 9.04. The van der Waals surface area contributed by atoms with Crippen LogP contribution < -0.4 is 10.6 Å². The number of thiophene rings is 1. The molecule has 1 aromatic carbocycles. The zero-order valence-corrected chi connectivity index (χ0v) is 17.0. The zero-order chi connectivity index (χ0) is 21.2. The Morgan fingerprint density at radius 2 is 1.55 bits per heavy atom. The minimum absolute atomic E-state index is 0.0221. The van der Waals surface area contributed by atoms with Gasteiger partial charge in [-0.25, -0.2) is 9.59 Å². The molecule has 0 saturated carbocycles. The molecule has 0 fully saturated rings. The highest BCUT2D eigenvalue weighted by Gasteiger charge is 2.16. The molecule has 9 heteroatoms. The molecular weight excluding hydrogens is 396 g/mol. The summed E-state index contributed by atoms with van der Waals surface area (Å²) < 4.78 is 9.92. The maximum atomic E-state index is 12.2. The third-order valence-corrected chi connectivity index (χ3v) is 4.34. The summed E-state index contributed by atoms with van der Waals surface area (Å²) in [4.78, 5) is 48.2. The number of ether oxygens (including phenoxy) is 2. The molecular formula is C20H22N2O6S. The first kappa shape index (κ1) is 22.1. The van der Waals surface area contributed by atoms with Gasteiger partial charge in [0.2, 0.25) is 5.91 Å². The summed E-state index contributed by atoms with van der Waals surface area (Å²) in [6.07, 6.45) is 0.0221. The van der Waals surface area contributed by atoms with E-state index in [4.69, 9.17) is 9.47 Å². The van der Waals surface area contributed by atoms with Gasteiger partial charge in [0.25, 0.3) is 5.91 Å². The summed E-state index contributed by atoms with van der Waals surface area (Å²) in [7, 11) is 0. The molecule has 29 heavy (non-hydrogen) atoms. The molecule has 1 aromatic heterocycles. The van der Waals surface area contributed by atoms with E-state index in [1.807, 2.05) is 0 Å². The number of amides is 2. The van der Waals surface area contributed by atoms with Gasteiger partial charge in [-0.15, -0.1) is 0 Å². The second-order valence-electron chi connectivity index (χ2n) is 5.81. The van der Waals surface area contributed by atoms with Crippen molar-refractivity contribution in [2.45, 2.75) is 20.3 Å². The third-order valence-electron chi connectivity index (χ3n) is 3.66. The number of hydrogen-bond acceptors (Lipinski definition) is 7. The van der Waals surface area contributed by atoms with Crippen LogP contribution in [0.25, 0.3) is 0 Å². The monoisotopic (exact) mass is 418 g/mol. The smallest absolute Gasteiger partial charge is 0.338 e. The van der Waals surface area contributed by atoms with Crippen molar-refractivity contribution >= 4 is 40.8 Å². The minimum Gasteiger partial charge on any atom is -0.462 e. The zero-order valence-electron chi connectivity index (χ0n) is 16.2. The van der Waals surface area contributed by atoms with E-state index in [9.17, 15) is 19.2 Å². The molecule has 1 heterocycles. The predicted octanol–water partition coefficient (Wildman–Crippen LogP) is 2.86. The SMILES string of the molecule is CCOC(=O)c1cc(NC(=O)CCNC(=O)c2ccsc2)cc(C(=O)OCC)c1. The fraction of sp³-hybridized carbons (Fsp3) is 0.300. The lowest BCUT2D eigenvalue weighted by atomic mass is 10.1. The minimum atomic E-state index is -0.614. The van der Waals surface area contributed by atoms with E-state index >= 15 is 0 Å². The number of anilines is 1. The van der Waals surface area contributed by atoms with Crippen molar-refractivity contribution in [3.8, 4) is 0 Å². The molecule has 2 aromatic rings. The van der Waals surface area contributed by atoms with Gasteiger partial charge in [0.15, 0.2) is 0 Å². The first-order valence-corrected chi connectivity index (χ1v) is 9.98. The average Bonchev–Trinajstić information content (AvgIpc) is 3.23. The lowest BCUT2D eigenvalue weighted by Gasteiger charge is -2.11. The number of carbonyl (C=O) groups excluding carboxylic acids is 4. The van der Waals surface area contributed by atoms with E-state index in [1.54, 1.807) is 30.7 Å². The van der Waals surface area contributed by atoms with Gasteiger partial charge in [0.1, 0.15) is 0 Å². The van der Waals surface area contributed by atoms with E-state index in [1.165, 1.54) is 29.5 Å². The highest BCUT2D eigenvalue weighted by Crippen LogP contribution is 2.17. The standard InChI is InChI=1S/C20H22N2O6S/c1-3-27-19(25)14-9-15(20(26)28-4-2)11-16(10-14)22-17(23)5-7-21-18(24)13-6-8-29-12-13/h6,8-12H,3-5,7H2,1-2H3,(H,21,24)(H,22,23). The molecule has 0 aliphatic heterocycles. The van der Waals surface area contributed by atoms with Gasteiger partial charge < -0.3 is 20.1 Å². The molecule has 2 amide bonds. The summed E-state index contributed by atoms with van der Waals surface area (Å²) in [5, 5.41) is 8.78. The summed E-state index contributed by atoms with van der Waals surface area (Å²) in [6, 6.07) is 5.88. The molecule has 2 N–H and O–H groups in total. The Hall–Kier alpha value is -3.20. The van der Waals surface area contributed by atoms with Crippen molar-refractivity contribution in [1.82, 2.24) is 5.32 Å². The molecule has 0 saturated heterocycles. The largest absolute Gasteiger partial charge is 0.462 e. The third kappa shape index (κ3) is 6.72. The van der Waals surface area contributed by atoms with E-state index in [0.29, 0.717) is 5.56 Å². The highest BCUT2D eigenvalue weighted by atomic mass is 32.1. The van der Waals surface area contributed by atoms with Crippen molar-refractivity contribution < 1.29 is 28.7 Å². The predicted molar refractivity (Wildman–Crippen MR) is 108 cm³/mol. The van der Waals surface area contributed by atoms with Gasteiger partial charge in [-0.05, 0) is 43.5 Å². The molecule has 0 spiro atoms. The molecule has 8 nitrogen and oxygen atoms in total. The van der Waals surface area contributed by atoms with Crippen LogP contribution in [0.3, 0.4) is 0 Å². The number of nitrogens with one attached hydrogen (secondary N) is 2. The van der Waals surface area contributed by atoms with E-state index in [-0.39, 0.29) is 54.8 Å². The first-order chi connectivity index (χ1) is 13.9. The number of hydrogen-bond donors (Lipinski definition) is 2. The average molecular weight is 418 g/mol. The highest BCUT2D eigenvalue weighted by molar-refractivity contribution is 7.08. The molecule has 0 aliphatic carbocycles. The van der Waals surface area contributed by atoms with Crippen LogP contribution >= 0.6 is 11.3 Å². The van der Waals surface area contributed by atoms with Crippen LogP contribution in [0.15, 0.2) is 35.0 Å². The van der Waals surface area contributed by atoms with Crippen molar-refractivity contribution in [2.24, 2.45) is 0 Å². The van der Waals surface area contributed by atoms with Crippen molar-refractivity contribution in [3.05, 3.63) is 51.7 Å². The molecule has 0 aliphatic rings. The Labute approximate surface area is 172 Å². The summed E-state index contributed by atoms with van der Waals surface area (Å²) in [5.41, 5.74) is 1.04. The van der Waals surface area contributed by atoms with Crippen LogP contribution in [0.1, 0.15) is 51.3 Å². The van der Waals surface area contributed by atoms with E-state index < -0.39 is 11.9 Å². The Balaban J connectivity index is 2.03. The number of carbonyl (C=O) groups is 4. The maximum Gasteiger partial charge on any atom is 0.338 e. The fourth-order valence-corrected chi connectivity index (χ4v) is 3.01. The number of benzene rings is 1. The van der Waals surface area contributed by atoms with E-state index in [0.717, 1.165) is 0 Å². The van der Waals surface area contributed by atoms with Crippen LogP contribution in [-0.2, 0) is 14.3 Å². The molecule has 2 rings (SSSR count). The van der Waals surface area contributed by atoms with Crippen LogP contribution in [-0.4, -0.2) is 43.5 Å². The Morgan fingerprint density at radius 1 is 0.931 bits per heavy atom. The van der Waals surface area contributed by atoms with Gasteiger partial charge in [-0.3, -0.25) is 9.59 Å². The van der Waals surface area contributed by atoms with Crippen molar-refractivity contribution in [2.75, 3.05) is 25.1 Å². The molecule has 0 unspecified atom stereocenters. The molecule has 154 valence electrons. The normalized spacial score (nSPS) is 10.1. The van der Waals surface area contributed by atoms with Gasteiger partial charge in [-0.2, -0.15) is 11.3 Å². The van der Waals surface area contributed by atoms with Gasteiger partial charge in [-0.1, -0.05) is 0 Å². The molecule has 0 radical (unpaired) electrons. The van der Waals surface area contributed by atoms with Gasteiger partial charge in [0, 0.05) is 29.6 Å². The van der Waals surface area contributed by atoms with Gasteiger partial charge in [0.05, 0.1) is 24.3 Å². The quantitative estimate of drug-likeness (QED) is 0.606. The lowest BCUT2D eigenvalue weighted by Crippen LogP contribution is -2.27. The van der Waals surface area contributed by atoms with E-state index in [2.05, 4.69) is 10.6 Å². The number of esters is 2. The summed E-state index contributed by atoms with van der Waals surface area (Å²) in [5.74, 6) is -1.87. The van der Waals surface area contributed by atoms with Crippen LogP contribution in [0.5, 0.6) is 0 Å².